The van der Waals surface area contributed by atoms with Crippen molar-refractivity contribution >= 4 is 69.0 Å². The molecule has 3 heteroatoms. The second kappa shape index (κ2) is 11.1. The average molecular weight is 630 g/mol. The summed E-state index contributed by atoms with van der Waals surface area (Å²) in [6.45, 7) is 6.94. The Morgan fingerprint density at radius 1 is 0.458 bits per heavy atom. The molecule has 2 aliphatic heterocycles. The van der Waals surface area contributed by atoms with E-state index in [-0.39, 0.29) is 6.71 Å². The summed E-state index contributed by atoms with van der Waals surface area (Å²) in [6.07, 6.45) is 0. The second-order valence-corrected chi connectivity index (χ2v) is 17.2. The molecule has 0 atom stereocenters. The van der Waals surface area contributed by atoms with Gasteiger partial charge in [0, 0.05) is 17.1 Å². The van der Waals surface area contributed by atoms with Gasteiger partial charge in [-0.05, 0) is 75.7 Å². The van der Waals surface area contributed by atoms with Crippen LogP contribution in [-0.4, -0.2) is 14.8 Å². The van der Waals surface area contributed by atoms with E-state index in [9.17, 15) is 0 Å². The molecule has 0 fully saturated rings. The molecule has 0 radical (unpaired) electrons. The number of anilines is 3. The molecule has 0 amide bonds. The minimum absolute atomic E-state index is 0.130. The van der Waals surface area contributed by atoms with Crippen molar-refractivity contribution in [2.45, 2.75) is 20.8 Å². The molecule has 48 heavy (non-hydrogen) atoms. The van der Waals surface area contributed by atoms with Gasteiger partial charge in [-0.2, -0.15) is 0 Å². The number of aryl methyl sites for hydroxylation is 3. The summed E-state index contributed by atoms with van der Waals surface area (Å²) in [5.74, 6) is 0. The first kappa shape index (κ1) is 28.8. The van der Waals surface area contributed by atoms with Gasteiger partial charge < -0.3 is 4.90 Å². The highest BCUT2D eigenvalue weighted by atomic mass is 28.3. The largest absolute Gasteiger partial charge is 0.312 e. The van der Waals surface area contributed by atoms with E-state index in [4.69, 9.17) is 0 Å². The molecule has 0 aliphatic carbocycles. The van der Waals surface area contributed by atoms with Crippen molar-refractivity contribution in [3.63, 3.8) is 0 Å². The number of hydrogen-bond donors (Lipinski definition) is 0. The van der Waals surface area contributed by atoms with E-state index in [0.717, 1.165) is 0 Å². The van der Waals surface area contributed by atoms with Gasteiger partial charge in [-0.3, -0.25) is 0 Å². The Morgan fingerprint density at radius 3 is 1.71 bits per heavy atom. The molecular formula is C45H36BNSi. The average Bonchev–Trinajstić information content (AvgIpc) is 3.13. The van der Waals surface area contributed by atoms with Crippen molar-refractivity contribution in [2.75, 3.05) is 4.90 Å². The summed E-state index contributed by atoms with van der Waals surface area (Å²) in [6, 6.07) is 61.9. The van der Waals surface area contributed by atoms with Crippen LogP contribution in [0.15, 0.2) is 164 Å². The quantitative estimate of drug-likeness (QED) is 0.208. The third-order valence-corrected chi connectivity index (χ3v) is 15.5. The summed E-state index contributed by atoms with van der Waals surface area (Å²) < 4.78 is 0. The highest BCUT2D eigenvalue weighted by Crippen LogP contribution is 2.41. The monoisotopic (exact) mass is 629 g/mol. The molecule has 0 saturated carbocycles. The normalized spacial score (nSPS) is 13.8. The lowest BCUT2D eigenvalue weighted by Gasteiger charge is -2.49. The van der Waals surface area contributed by atoms with Gasteiger partial charge in [-0.1, -0.05) is 174 Å². The Balaban J connectivity index is 1.46. The van der Waals surface area contributed by atoms with E-state index < -0.39 is 8.07 Å². The van der Waals surface area contributed by atoms with Crippen LogP contribution in [0.5, 0.6) is 0 Å². The Morgan fingerprint density at radius 2 is 1.04 bits per heavy atom. The zero-order valence-electron chi connectivity index (χ0n) is 27.6. The molecule has 1 nitrogen and oxygen atoms in total. The lowest BCUT2D eigenvalue weighted by Crippen LogP contribution is -2.78. The fourth-order valence-corrected chi connectivity index (χ4v) is 14.0. The molecule has 7 aromatic rings. The Bertz CT molecular complexity index is 2270. The van der Waals surface area contributed by atoms with Crippen LogP contribution in [0.2, 0.25) is 0 Å². The molecule has 7 aromatic carbocycles. The van der Waals surface area contributed by atoms with Crippen LogP contribution in [0, 0.1) is 20.8 Å². The van der Waals surface area contributed by atoms with Gasteiger partial charge in [0.2, 0.25) is 6.71 Å². The number of rotatable bonds is 4. The zero-order chi connectivity index (χ0) is 32.4. The highest BCUT2D eigenvalue weighted by Gasteiger charge is 2.52. The van der Waals surface area contributed by atoms with Crippen molar-refractivity contribution in [3.05, 3.63) is 180 Å². The lowest BCUT2D eigenvalue weighted by molar-refractivity contribution is 1.29. The smallest absolute Gasteiger partial charge is 0.247 e. The van der Waals surface area contributed by atoms with E-state index in [1.54, 1.807) is 0 Å². The number of hydrogen-bond acceptors (Lipinski definition) is 1. The molecule has 0 bridgehead atoms. The minimum Gasteiger partial charge on any atom is -0.312 e. The van der Waals surface area contributed by atoms with Gasteiger partial charge >= 0.3 is 0 Å². The van der Waals surface area contributed by atoms with Crippen LogP contribution in [0.4, 0.5) is 17.1 Å². The summed E-state index contributed by atoms with van der Waals surface area (Å²) in [5, 5.41) is 5.71. The molecule has 0 unspecified atom stereocenters. The van der Waals surface area contributed by atoms with Crippen molar-refractivity contribution in [1.82, 2.24) is 0 Å². The maximum absolute atomic E-state index is 2.79. The van der Waals surface area contributed by atoms with Crippen LogP contribution in [0.25, 0.3) is 11.1 Å². The molecule has 228 valence electrons. The van der Waals surface area contributed by atoms with Gasteiger partial charge in [-0.15, -0.1) is 0 Å². The maximum atomic E-state index is 2.62. The summed E-state index contributed by atoms with van der Waals surface area (Å²) >= 11 is 0. The van der Waals surface area contributed by atoms with E-state index in [0.29, 0.717) is 0 Å². The van der Waals surface area contributed by atoms with Crippen molar-refractivity contribution in [1.29, 1.82) is 0 Å². The first-order valence-electron chi connectivity index (χ1n) is 17.0. The maximum Gasteiger partial charge on any atom is 0.247 e. The number of nitrogens with zero attached hydrogens (tertiary/aromatic N) is 1. The number of fused-ring (bicyclic) bond motifs is 4. The molecule has 2 aliphatic rings. The topological polar surface area (TPSA) is 3.24 Å². The molecule has 9 rings (SSSR count). The Labute approximate surface area is 285 Å². The van der Waals surface area contributed by atoms with Crippen LogP contribution in [0.3, 0.4) is 0 Å². The molecular weight excluding hydrogens is 593 g/mol. The van der Waals surface area contributed by atoms with E-state index in [1.165, 1.54) is 82.0 Å². The van der Waals surface area contributed by atoms with E-state index in [1.807, 2.05) is 0 Å². The SMILES string of the molecule is Cc1cc(C)c(B2c3ccccc3N3c4cc(-c5ccccc5)ccc4[Si](c4ccccc4)(c4ccccc4)c4cccc2c43)c(C)c1. The molecule has 0 saturated heterocycles. The van der Waals surface area contributed by atoms with Crippen molar-refractivity contribution in [3.8, 4) is 11.1 Å². The Hall–Kier alpha value is -5.38. The first-order valence-corrected chi connectivity index (χ1v) is 19.0. The number of para-hydroxylation sites is 2. The van der Waals surface area contributed by atoms with Crippen LogP contribution >= 0.6 is 0 Å². The van der Waals surface area contributed by atoms with Gasteiger partial charge in [0.15, 0.2) is 8.07 Å². The van der Waals surface area contributed by atoms with Crippen LogP contribution in [-0.2, 0) is 0 Å². The predicted octanol–water partition coefficient (Wildman–Crippen LogP) is 6.27. The Kier molecular flexibility index (Phi) is 6.67. The number of benzene rings is 7. The van der Waals surface area contributed by atoms with Crippen molar-refractivity contribution in [2.24, 2.45) is 0 Å². The second-order valence-electron chi connectivity index (χ2n) is 13.5. The van der Waals surface area contributed by atoms with E-state index >= 15 is 0 Å². The van der Waals surface area contributed by atoms with Gasteiger partial charge in [0.25, 0.3) is 0 Å². The van der Waals surface area contributed by atoms with E-state index in [2.05, 4.69) is 189 Å². The molecule has 2 heterocycles. The molecule has 0 aromatic heterocycles. The standard InChI is InChI=1S/C45H36BNSi/c1-31-28-32(2)44(33(3)29-31)46-38-22-13-14-24-40(38)47-41-30-35(34-16-7-4-8-17-34)26-27-42(41)48(36-18-9-5-10-19-36,37-20-11-6-12-21-37)43-25-15-23-39(46)45(43)47/h4-30H,1-3H3. The predicted molar refractivity (Wildman–Crippen MR) is 209 cm³/mol. The highest BCUT2D eigenvalue weighted by molar-refractivity contribution is 7.22. The van der Waals surface area contributed by atoms with Gasteiger partial charge in [0.1, 0.15) is 0 Å². The molecule has 0 N–H and O–H groups in total. The van der Waals surface area contributed by atoms with Gasteiger partial charge in [0.05, 0.1) is 0 Å². The summed E-state index contributed by atoms with van der Waals surface area (Å²) in [7, 11) is -2.79. The minimum atomic E-state index is -2.79. The lowest BCUT2D eigenvalue weighted by atomic mass is 9.34. The summed E-state index contributed by atoms with van der Waals surface area (Å²) in [4.78, 5) is 2.62. The zero-order valence-corrected chi connectivity index (χ0v) is 28.6. The third-order valence-electron chi connectivity index (χ3n) is 10.7. The fourth-order valence-electron chi connectivity index (χ4n) is 8.93. The van der Waals surface area contributed by atoms with Crippen molar-refractivity contribution < 1.29 is 0 Å². The summed E-state index contributed by atoms with van der Waals surface area (Å²) in [5.41, 5.74) is 14.6. The van der Waals surface area contributed by atoms with Crippen LogP contribution < -0.4 is 42.0 Å². The fraction of sp³-hybridized carbons (Fsp3) is 0.0667. The van der Waals surface area contributed by atoms with Crippen LogP contribution in [0.1, 0.15) is 16.7 Å². The molecule has 0 spiro atoms. The first-order chi connectivity index (χ1) is 23.6. The third kappa shape index (κ3) is 4.11. The van der Waals surface area contributed by atoms with Gasteiger partial charge in [-0.25, -0.2) is 0 Å².